The van der Waals surface area contributed by atoms with Crippen LogP contribution in [-0.2, 0) is 0 Å². The predicted octanol–water partition coefficient (Wildman–Crippen LogP) is 1.04. The number of H-pyrrole nitrogens is 1. The average molecular weight is 290 g/mol. The monoisotopic (exact) mass is 290 g/mol. The van der Waals surface area contributed by atoms with E-state index < -0.39 is 16.2 Å². The maximum atomic E-state index is 12.3. The number of non-ortho nitro benzene ring substituents is 1. The van der Waals surface area contributed by atoms with Crippen LogP contribution in [0.1, 0.15) is 0 Å². The molecule has 20 heavy (non-hydrogen) atoms. The molecule has 0 unspecified atom stereocenters. The number of nitrogens with one attached hydrogen (secondary N) is 1. The van der Waals surface area contributed by atoms with Gasteiger partial charge in [-0.3, -0.25) is 14.9 Å². The van der Waals surface area contributed by atoms with Gasteiger partial charge in [0.25, 0.3) is 11.2 Å². The van der Waals surface area contributed by atoms with Gasteiger partial charge in [0.1, 0.15) is 0 Å². The van der Waals surface area contributed by atoms with Crippen molar-refractivity contribution >= 4 is 27.9 Å². The molecule has 1 aromatic carbocycles. The molecule has 0 atom stereocenters. The van der Waals surface area contributed by atoms with Gasteiger partial charge < -0.3 is 4.98 Å². The topological polar surface area (TPSA) is 111 Å². The average Bonchev–Trinajstić information content (AvgIpc) is 2.92. The first kappa shape index (κ1) is 12.2. The molecule has 0 spiro atoms. The minimum atomic E-state index is -0.637. The van der Waals surface area contributed by atoms with Gasteiger partial charge in [-0.05, 0) is 6.07 Å². The molecule has 8 nitrogen and oxygen atoms in total. The van der Waals surface area contributed by atoms with Crippen molar-refractivity contribution < 1.29 is 4.92 Å². The zero-order valence-corrected chi connectivity index (χ0v) is 10.6. The number of aromatic amines is 1. The number of nitro groups is 1. The van der Waals surface area contributed by atoms with E-state index in [-0.39, 0.29) is 21.7 Å². The number of thiazole rings is 1. The van der Waals surface area contributed by atoms with E-state index in [0.29, 0.717) is 0 Å². The van der Waals surface area contributed by atoms with E-state index in [9.17, 15) is 19.7 Å². The lowest BCUT2D eigenvalue weighted by Crippen LogP contribution is -2.33. The van der Waals surface area contributed by atoms with Gasteiger partial charge in [-0.15, -0.1) is 11.3 Å². The Balaban J connectivity index is 2.41. The Morgan fingerprint density at radius 3 is 2.80 bits per heavy atom. The highest BCUT2D eigenvalue weighted by Gasteiger charge is 2.14. The Morgan fingerprint density at radius 1 is 1.35 bits per heavy atom. The number of aromatic nitrogens is 3. The van der Waals surface area contributed by atoms with Crippen LogP contribution in [0.3, 0.4) is 0 Å². The molecule has 2 aromatic heterocycles. The van der Waals surface area contributed by atoms with Crippen LogP contribution in [0.15, 0.2) is 39.4 Å². The van der Waals surface area contributed by atoms with Crippen LogP contribution < -0.4 is 11.2 Å². The molecule has 3 aromatic rings. The fourth-order valence-electron chi connectivity index (χ4n) is 1.82. The summed E-state index contributed by atoms with van der Waals surface area (Å²) in [6, 6.07) is 3.70. The minimum Gasteiger partial charge on any atom is -0.306 e. The molecule has 0 aliphatic rings. The summed E-state index contributed by atoms with van der Waals surface area (Å²) in [6.07, 6.45) is 1.46. The number of hydrogen-bond acceptors (Lipinski definition) is 6. The molecular formula is C11H6N4O4S. The third-order valence-electron chi connectivity index (χ3n) is 2.70. The van der Waals surface area contributed by atoms with Gasteiger partial charge in [0.15, 0.2) is 0 Å². The van der Waals surface area contributed by atoms with E-state index in [1.165, 1.54) is 18.3 Å². The van der Waals surface area contributed by atoms with Gasteiger partial charge in [0, 0.05) is 23.7 Å². The van der Waals surface area contributed by atoms with Gasteiger partial charge in [0.2, 0.25) is 5.13 Å². The fraction of sp³-hybridized carbons (Fsp3) is 0. The van der Waals surface area contributed by atoms with Crippen molar-refractivity contribution in [2.75, 3.05) is 0 Å². The number of nitro benzene ring substituents is 1. The standard InChI is InChI=1S/C11H6N4O4S/c16-9-7-5-6(15(18)19)1-2-8(7)13-10(17)14(9)11-12-3-4-20-11/h1-5H,(H,13,17). The molecule has 1 N–H and O–H groups in total. The zero-order valence-electron chi connectivity index (χ0n) is 9.77. The van der Waals surface area contributed by atoms with Crippen LogP contribution in [0.5, 0.6) is 0 Å². The number of nitrogens with zero attached hydrogens (tertiary/aromatic N) is 3. The number of hydrogen-bond donors (Lipinski definition) is 1. The first-order valence-electron chi connectivity index (χ1n) is 5.41. The molecule has 0 amide bonds. The number of fused-ring (bicyclic) bond motifs is 1. The molecule has 0 saturated carbocycles. The van der Waals surface area contributed by atoms with E-state index in [1.807, 2.05) is 0 Å². The summed E-state index contributed by atoms with van der Waals surface area (Å²) < 4.78 is 0.858. The van der Waals surface area contributed by atoms with Crippen LogP contribution in [0.2, 0.25) is 0 Å². The number of benzene rings is 1. The molecule has 0 aliphatic carbocycles. The van der Waals surface area contributed by atoms with Crippen molar-refractivity contribution in [3.05, 3.63) is 60.7 Å². The van der Waals surface area contributed by atoms with Gasteiger partial charge in [0.05, 0.1) is 15.8 Å². The molecule has 3 rings (SSSR count). The van der Waals surface area contributed by atoms with Crippen molar-refractivity contribution in [1.29, 1.82) is 0 Å². The van der Waals surface area contributed by atoms with E-state index in [0.717, 1.165) is 22.0 Å². The van der Waals surface area contributed by atoms with E-state index >= 15 is 0 Å². The summed E-state index contributed by atoms with van der Waals surface area (Å²) in [5.74, 6) is 0. The normalized spacial score (nSPS) is 10.8. The third-order valence-corrected chi connectivity index (χ3v) is 3.46. The van der Waals surface area contributed by atoms with Crippen molar-refractivity contribution in [2.45, 2.75) is 0 Å². The second-order valence-electron chi connectivity index (χ2n) is 3.87. The van der Waals surface area contributed by atoms with Crippen molar-refractivity contribution in [3.8, 4) is 5.13 Å². The third kappa shape index (κ3) is 1.80. The lowest BCUT2D eigenvalue weighted by atomic mass is 10.2. The minimum absolute atomic E-state index is 0.0639. The Kier molecular flexibility index (Phi) is 2.68. The van der Waals surface area contributed by atoms with Gasteiger partial charge >= 0.3 is 5.69 Å². The summed E-state index contributed by atoms with van der Waals surface area (Å²) in [6.45, 7) is 0. The smallest absolute Gasteiger partial charge is 0.306 e. The molecule has 100 valence electrons. The molecule has 0 aliphatic heterocycles. The lowest BCUT2D eigenvalue weighted by Gasteiger charge is -2.02. The first-order valence-corrected chi connectivity index (χ1v) is 6.29. The van der Waals surface area contributed by atoms with Crippen molar-refractivity contribution in [1.82, 2.24) is 14.5 Å². The second-order valence-corrected chi connectivity index (χ2v) is 4.75. The van der Waals surface area contributed by atoms with Gasteiger partial charge in [-0.1, -0.05) is 0 Å². The van der Waals surface area contributed by atoms with Crippen LogP contribution in [0, 0.1) is 10.1 Å². The Hall–Kier alpha value is -2.81. The molecule has 2 heterocycles. The molecule has 9 heteroatoms. The maximum Gasteiger partial charge on any atom is 0.335 e. The highest BCUT2D eigenvalue weighted by atomic mass is 32.1. The van der Waals surface area contributed by atoms with E-state index in [4.69, 9.17) is 0 Å². The molecule has 0 saturated heterocycles. The van der Waals surface area contributed by atoms with E-state index in [1.54, 1.807) is 5.38 Å². The molecule has 0 radical (unpaired) electrons. The van der Waals surface area contributed by atoms with Crippen LogP contribution in [-0.4, -0.2) is 19.5 Å². The second kappa shape index (κ2) is 4.38. The summed E-state index contributed by atoms with van der Waals surface area (Å²) in [5.41, 5.74) is -1.24. The summed E-state index contributed by atoms with van der Waals surface area (Å²) in [7, 11) is 0. The first-order chi connectivity index (χ1) is 9.58. The van der Waals surface area contributed by atoms with Crippen LogP contribution in [0.25, 0.3) is 16.0 Å². The predicted molar refractivity (Wildman–Crippen MR) is 72.5 cm³/mol. The van der Waals surface area contributed by atoms with Gasteiger partial charge in [-0.25, -0.2) is 14.3 Å². The Labute approximate surface area is 114 Å². The molecule has 0 bridgehead atoms. The van der Waals surface area contributed by atoms with E-state index in [2.05, 4.69) is 9.97 Å². The van der Waals surface area contributed by atoms with Crippen molar-refractivity contribution in [3.63, 3.8) is 0 Å². The zero-order chi connectivity index (χ0) is 14.3. The number of rotatable bonds is 2. The lowest BCUT2D eigenvalue weighted by molar-refractivity contribution is -0.384. The van der Waals surface area contributed by atoms with Crippen LogP contribution >= 0.6 is 11.3 Å². The Bertz CT molecular complexity index is 926. The quantitative estimate of drug-likeness (QED) is 0.560. The highest BCUT2D eigenvalue weighted by molar-refractivity contribution is 7.12. The molecule has 0 fully saturated rings. The summed E-state index contributed by atoms with van der Waals surface area (Å²) in [5, 5.41) is 12.7. The van der Waals surface area contributed by atoms with Crippen LogP contribution in [0.4, 0.5) is 5.69 Å². The highest BCUT2D eigenvalue weighted by Crippen LogP contribution is 2.16. The summed E-state index contributed by atoms with van der Waals surface area (Å²) in [4.78, 5) is 40.8. The largest absolute Gasteiger partial charge is 0.335 e. The van der Waals surface area contributed by atoms with Gasteiger partial charge in [-0.2, -0.15) is 0 Å². The fourth-order valence-corrected chi connectivity index (χ4v) is 2.45. The maximum absolute atomic E-state index is 12.3. The van der Waals surface area contributed by atoms with Crippen molar-refractivity contribution in [2.24, 2.45) is 0 Å². The molecular weight excluding hydrogens is 284 g/mol. The SMILES string of the molecule is O=c1[nH]c2ccc([N+](=O)[O-])cc2c(=O)n1-c1nccs1. The Morgan fingerprint density at radius 2 is 2.15 bits per heavy atom. The summed E-state index contributed by atoms with van der Waals surface area (Å²) >= 11 is 1.12.